The molecule has 2 fully saturated rings. The number of nitrogens with zero attached hydrogens (tertiary/aromatic N) is 2. The van der Waals surface area contributed by atoms with E-state index in [1.165, 1.54) is 82.5 Å². The van der Waals surface area contributed by atoms with Crippen LogP contribution in [0.25, 0.3) is 0 Å². The summed E-state index contributed by atoms with van der Waals surface area (Å²) in [5, 5.41) is 24.8. The van der Waals surface area contributed by atoms with E-state index in [9.17, 15) is 29.4 Å². The second-order valence-electron chi connectivity index (χ2n) is 12.7. The second kappa shape index (κ2) is 19.9. The van der Waals surface area contributed by atoms with Gasteiger partial charge in [0.05, 0.1) is 0 Å². The van der Waals surface area contributed by atoms with Crippen LogP contribution in [-0.2, 0) is 19.1 Å². The van der Waals surface area contributed by atoms with Crippen LogP contribution in [0.3, 0.4) is 0 Å². The molecule has 0 radical (unpaired) electrons. The predicted octanol–water partition coefficient (Wildman–Crippen LogP) is 2.43. The second-order valence-corrected chi connectivity index (χ2v) is 12.7. The van der Waals surface area contributed by atoms with Gasteiger partial charge in [-0.25, -0.2) is 4.79 Å². The Kier molecular flexibility index (Phi) is 16.4. The summed E-state index contributed by atoms with van der Waals surface area (Å²) >= 11 is 0. The average molecular weight is 652 g/mol. The SMILES string of the molecule is CCCCCCCCCCCCCCCCNC(=O)[C@@H]1[C@@H]([C@H]2O[C@@H](n3ccc(=O)[nH]c3=O)[C@H](O)[C@@H]2O)O[C@H](CCCN)N1C(C)=O. The van der Waals surface area contributed by atoms with Crippen LogP contribution in [0.5, 0.6) is 0 Å². The molecule has 3 heterocycles. The third kappa shape index (κ3) is 10.7. The van der Waals surface area contributed by atoms with Crippen molar-refractivity contribution in [2.75, 3.05) is 13.1 Å². The van der Waals surface area contributed by atoms with Crippen LogP contribution in [0, 0.1) is 0 Å². The summed E-state index contributed by atoms with van der Waals surface area (Å²) in [5.41, 5.74) is 4.25. The fraction of sp³-hybridized carbons (Fsp3) is 0.818. The Morgan fingerprint density at radius 1 is 0.870 bits per heavy atom. The number of unbranched alkanes of at least 4 members (excludes halogenated alkanes) is 13. The maximum Gasteiger partial charge on any atom is 0.330 e. The standard InChI is InChI=1S/C33H57N5O8/c1-3-4-5-6-7-8-9-10-11-12-13-14-15-16-21-35-31(43)26-29(45-25(18-17-20-34)38(26)23(2)39)30-27(41)28(42)32(46-30)37-22-19-24(40)36-33(37)44/h19,22,25-30,32,41-42H,3-18,20-21,34H2,1-2H3,(H,35,43)(H,36,40,44)/t25-,26+,27+,28-,29+,30+,32-/m1/s1. The molecule has 3 rings (SSSR count). The molecule has 2 aliphatic heterocycles. The Bertz CT molecular complexity index is 1180. The predicted molar refractivity (Wildman–Crippen MR) is 174 cm³/mol. The van der Waals surface area contributed by atoms with Crippen LogP contribution >= 0.6 is 0 Å². The molecule has 13 heteroatoms. The monoisotopic (exact) mass is 651 g/mol. The highest BCUT2D eigenvalue weighted by Crippen LogP contribution is 2.38. The van der Waals surface area contributed by atoms with E-state index in [1.807, 2.05) is 0 Å². The zero-order valence-electron chi connectivity index (χ0n) is 27.7. The quantitative estimate of drug-likeness (QED) is 0.124. The van der Waals surface area contributed by atoms with E-state index >= 15 is 0 Å². The summed E-state index contributed by atoms with van der Waals surface area (Å²) < 4.78 is 13.1. The van der Waals surface area contributed by atoms with E-state index < -0.39 is 60.1 Å². The number of amides is 2. The lowest BCUT2D eigenvalue weighted by Crippen LogP contribution is -2.55. The van der Waals surface area contributed by atoms with E-state index in [2.05, 4.69) is 17.2 Å². The first-order valence-corrected chi connectivity index (χ1v) is 17.5. The number of aliphatic hydroxyl groups excluding tert-OH is 2. The zero-order valence-corrected chi connectivity index (χ0v) is 27.7. The van der Waals surface area contributed by atoms with E-state index in [0.29, 0.717) is 25.9 Å². The third-order valence-electron chi connectivity index (χ3n) is 9.08. The van der Waals surface area contributed by atoms with Crippen LogP contribution < -0.4 is 22.3 Å². The molecule has 46 heavy (non-hydrogen) atoms. The van der Waals surface area contributed by atoms with Crippen LogP contribution in [0.1, 0.15) is 123 Å². The molecule has 7 atom stereocenters. The van der Waals surface area contributed by atoms with Gasteiger partial charge in [0.2, 0.25) is 11.8 Å². The van der Waals surface area contributed by atoms with Crippen molar-refractivity contribution < 1.29 is 29.3 Å². The van der Waals surface area contributed by atoms with E-state index in [1.54, 1.807) is 0 Å². The summed E-state index contributed by atoms with van der Waals surface area (Å²) in [6.07, 6.45) is 11.6. The van der Waals surface area contributed by atoms with Crippen LogP contribution in [0.4, 0.5) is 0 Å². The number of rotatable bonds is 21. The number of aromatic amines is 1. The van der Waals surface area contributed by atoms with E-state index in [-0.39, 0.29) is 5.91 Å². The number of carbonyl (C=O) groups excluding carboxylic acids is 2. The Morgan fingerprint density at radius 2 is 1.46 bits per heavy atom. The van der Waals surface area contributed by atoms with Gasteiger partial charge in [0.15, 0.2) is 6.23 Å². The van der Waals surface area contributed by atoms with Gasteiger partial charge in [-0.05, 0) is 25.8 Å². The van der Waals surface area contributed by atoms with Crippen LogP contribution in [-0.4, -0.2) is 86.3 Å². The molecule has 1 aromatic rings. The summed E-state index contributed by atoms with van der Waals surface area (Å²) in [7, 11) is 0. The summed E-state index contributed by atoms with van der Waals surface area (Å²) in [6, 6.07) is -0.0401. The molecule has 0 aliphatic carbocycles. The number of H-pyrrole nitrogens is 1. The van der Waals surface area contributed by atoms with Gasteiger partial charge in [-0.1, -0.05) is 90.4 Å². The Hall–Kier alpha value is -2.58. The van der Waals surface area contributed by atoms with Crippen molar-refractivity contribution >= 4 is 11.8 Å². The van der Waals surface area contributed by atoms with Gasteiger partial charge in [0, 0.05) is 25.7 Å². The van der Waals surface area contributed by atoms with Gasteiger partial charge in [0.1, 0.15) is 36.7 Å². The first kappa shape index (κ1) is 37.9. The van der Waals surface area contributed by atoms with Crippen molar-refractivity contribution in [3.63, 3.8) is 0 Å². The van der Waals surface area contributed by atoms with Gasteiger partial charge in [-0.2, -0.15) is 0 Å². The number of nitrogens with one attached hydrogen (secondary N) is 2. The third-order valence-corrected chi connectivity index (χ3v) is 9.08. The molecule has 0 spiro atoms. The molecule has 262 valence electrons. The van der Waals surface area contributed by atoms with E-state index in [4.69, 9.17) is 15.2 Å². The van der Waals surface area contributed by atoms with Gasteiger partial charge in [0.25, 0.3) is 5.56 Å². The minimum Gasteiger partial charge on any atom is -0.387 e. The zero-order chi connectivity index (χ0) is 33.5. The maximum absolute atomic E-state index is 13.6. The Morgan fingerprint density at radius 3 is 2.00 bits per heavy atom. The van der Waals surface area contributed by atoms with Crippen molar-refractivity contribution in [1.82, 2.24) is 19.8 Å². The maximum atomic E-state index is 13.6. The van der Waals surface area contributed by atoms with Crippen molar-refractivity contribution in [1.29, 1.82) is 0 Å². The summed E-state index contributed by atoms with van der Waals surface area (Å²) in [5.74, 6) is -0.831. The molecule has 0 aromatic carbocycles. The molecule has 0 bridgehead atoms. The first-order chi connectivity index (χ1) is 22.2. The van der Waals surface area contributed by atoms with Gasteiger partial charge in [-0.15, -0.1) is 0 Å². The lowest BCUT2D eigenvalue weighted by Gasteiger charge is -2.29. The van der Waals surface area contributed by atoms with Crippen LogP contribution in [0.2, 0.25) is 0 Å². The van der Waals surface area contributed by atoms with Gasteiger partial charge in [-0.3, -0.25) is 23.9 Å². The average Bonchev–Trinajstić information content (AvgIpc) is 3.55. The molecule has 6 N–H and O–H groups in total. The molecular weight excluding hydrogens is 594 g/mol. The number of hydrogen-bond acceptors (Lipinski definition) is 9. The molecule has 2 aliphatic rings. The molecule has 0 saturated carbocycles. The van der Waals surface area contributed by atoms with Gasteiger partial charge >= 0.3 is 5.69 Å². The number of aliphatic hydroxyl groups is 2. The Balaban J connectivity index is 1.52. The number of hydrogen-bond donors (Lipinski definition) is 5. The number of nitrogens with two attached hydrogens (primary N) is 1. The van der Waals surface area contributed by atoms with Crippen molar-refractivity contribution in [2.24, 2.45) is 5.73 Å². The number of aromatic nitrogens is 2. The largest absolute Gasteiger partial charge is 0.387 e. The van der Waals surface area contributed by atoms with Crippen molar-refractivity contribution in [3.8, 4) is 0 Å². The van der Waals surface area contributed by atoms with E-state index in [0.717, 1.165) is 36.1 Å². The fourth-order valence-corrected chi connectivity index (χ4v) is 6.54. The smallest absolute Gasteiger partial charge is 0.330 e. The normalized spacial score (nSPS) is 26.1. The van der Waals surface area contributed by atoms with Crippen LogP contribution in [0.15, 0.2) is 21.9 Å². The molecule has 13 nitrogen and oxygen atoms in total. The first-order valence-electron chi connectivity index (χ1n) is 17.5. The molecular formula is C33H57N5O8. The fourth-order valence-electron chi connectivity index (χ4n) is 6.54. The lowest BCUT2D eigenvalue weighted by molar-refractivity contribution is -0.140. The van der Waals surface area contributed by atoms with Crippen molar-refractivity contribution in [3.05, 3.63) is 33.1 Å². The topological polar surface area (TPSA) is 189 Å². The lowest BCUT2D eigenvalue weighted by atomic mass is 9.98. The minimum absolute atomic E-state index is 0.352. The molecule has 2 saturated heterocycles. The highest BCUT2D eigenvalue weighted by molar-refractivity contribution is 5.88. The minimum atomic E-state index is -1.56. The molecule has 1 aromatic heterocycles. The highest BCUT2D eigenvalue weighted by Gasteiger charge is 2.57. The molecule has 2 amide bonds. The number of carbonyl (C=O) groups is 2. The summed E-state index contributed by atoms with van der Waals surface area (Å²) in [6.45, 7) is 4.36. The highest BCUT2D eigenvalue weighted by atomic mass is 16.6. The summed E-state index contributed by atoms with van der Waals surface area (Å²) in [4.78, 5) is 53.8. The Labute approximate surface area is 272 Å². The van der Waals surface area contributed by atoms with Crippen molar-refractivity contribution in [2.45, 2.75) is 159 Å². The van der Waals surface area contributed by atoms with Gasteiger partial charge < -0.3 is 35.6 Å². The number of ether oxygens (including phenoxy) is 2. The molecule has 0 unspecified atom stereocenters.